The van der Waals surface area contributed by atoms with Gasteiger partial charge in [-0.25, -0.2) is 0 Å². The number of carboxylic acids is 1. The monoisotopic (exact) mass is 243 g/mol. The number of carboxylic acid groups (broad SMARTS) is 1. The first-order valence-corrected chi connectivity index (χ1v) is 6.12. The standard InChI is InChI=1S/C12H21NO4/c1-16-12(17-2)8-13(9-12)7-11(10(14)15)5-3-4-6-11/h3-9H2,1-2H3,(H,14,15). The summed E-state index contributed by atoms with van der Waals surface area (Å²) in [5.41, 5.74) is -0.534. The van der Waals surface area contributed by atoms with Crippen LogP contribution < -0.4 is 0 Å². The van der Waals surface area contributed by atoms with Crippen LogP contribution in [0.4, 0.5) is 0 Å². The highest BCUT2D eigenvalue weighted by Gasteiger charge is 2.50. The summed E-state index contributed by atoms with van der Waals surface area (Å²) in [5, 5.41) is 9.39. The minimum Gasteiger partial charge on any atom is -0.481 e. The smallest absolute Gasteiger partial charge is 0.310 e. The van der Waals surface area contributed by atoms with E-state index in [4.69, 9.17) is 9.47 Å². The van der Waals surface area contributed by atoms with Gasteiger partial charge in [0.05, 0.1) is 18.5 Å². The Morgan fingerprint density at radius 3 is 2.18 bits per heavy atom. The molecule has 1 N–H and O–H groups in total. The van der Waals surface area contributed by atoms with Gasteiger partial charge in [0.15, 0.2) is 5.79 Å². The Balaban J connectivity index is 1.92. The van der Waals surface area contributed by atoms with Crippen molar-refractivity contribution in [1.82, 2.24) is 4.90 Å². The van der Waals surface area contributed by atoms with Crippen molar-refractivity contribution in [3.63, 3.8) is 0 Å². The highest BCUT2D eigenvalue weighted by molar-refractivity contribution is 5.75. The molecule has 17 heavy (non-hydrogen) atoms. The fourth-order valence-corrected chi connectivity index (χ4v) is 3.01. The molecule has 0 aromatic heterocycles. The average Bonchev–Trinajstić information content (AvgIpc) is 2.73. The molecular formula is C12H21NO4. The van der Waals surface area contributed by atoms with Crippen molar-refractivity contribution < 1.29 is 19.4 Å². The van der Waals surface area contributed by atoms with Crippen LogP contribution in [0, 0.1) is 5.41 Å². The zero-order chi connectivity index (χ0) is 12.5. The van der Waals surface area contributed by atoms with Gasteiger partial charge in [0.2, 0.25) is 0 Å². The molecule has 0 bridgehead atoms. The first-order chi connectivity index (χ1) is 8.06. The lowest BCUT2D eigenvalue weighted by Crippen LogP contribution is -2.65. The molecule has 5 nitrogen and oxygen atoms in total. The third-order valence-corrected chi connectivity index (χ3v) is 4.21. The molecule has 2 aliphatic rings. The molecule has 1 saturated carbocycles. The Morgan fingerprint density at radius 2 is 1.76 bits per heavy atom. The Morgan fingerprint density at radius 1 is 1.24 bits per heavy atom. The maximum atomic E-state index is 11.4. The van der Waals surface area contributed by atoms with Crippen molar-refractivity contribution >= 4 is 5.97 Å². The van der Waals surface area contributed by atoms with E-state index < -0.39 is 17.2 Å². The molecular weight excluding hydrogens is 222 g/mol. The summed E-state index contributed by atoms with van der Waals surface area (Å²) in [6.07, 6.45) is 3.65. The summed E-state index contributed by atoms with van der Waals surface area (Å²) >= 11 is 0. The Bertz CT molecular complexity index is 287. The lowest BCUT2D eigenvalue weighted by molar-refractivity contribution is -0.278. The van der Waals surface area contributed by atoms with E-state index in [1.165, 1.54) is 0 Å². The Kier molecular flexibility index (Phi) is 3.43. The van der Waals surface area contributed by atoms with Crippen LogP contribution >= 0.6 is 0 Å². The zero-order valence-electron chi connectivity index (χ0n) is 10.6. The van der Waals surface area contributed by atoms with Gasteiger partial charge in [-0.15, -0.1) is 0 Å². The number of aliphatic carboxylic acids is 1. The topological polar surface area (TPSA) is 59.0 Å². The van der Waals surface area contributed by atoms with Crippen molar-refractivity contribution in [3.05, 3.63) is 0 Å². The van der Waals surface area contributed by atoms with E-state index in [2.05, 4.69) is 4.90 Å². The van der Waals surface area contributed by atoms with Crippen LogP contribution in [0.5, 0.6) is 0 Å². The average molecular weight is 243 g/mol. The third kappa shape index (κ3) is 2.19. The lowest BCUT2D eigenvalue weighted by atomic mass is 9.84. The van der Waals surface area contributed by atoms with Crippen LogP contribution in [-0.4, -0.2) is 55.6 Å². The van der Waals surface area contributed by atoms with Gasteiger partial charge in [-0.05, 0) is 12.8 Å². The van der Waals surface area contributed by atoms with Crippen molar-refractivity contribution in [2.45, 2.75) is 31.5 Å². The van der Waals surface area contributed by atoms with Crippen LogP contribution in [-0.2, 0) is 14.3 Å². The van der Waals surface area contributed by atoms with Crippen LogP contribution in [0.15, 0.2) is 0 Å². The number of ether oxygens (including phenoxy) is 2. The summed E-state index contributed by atoms with van der Waals surface area (Å²) in [4.78, 5) is 13.5. The van der Waals surface area contributed by atoms with E-state index in [0.29, 0.717) is 19.6 Å². The molecule has 0 atom stereocenters. The second kappa shape index (κ2) is 4.55. The highest BCUT2D eigenvalue weighted by atomic mass is 16.7. The maximum Gasteiger partial charge on any atom is 0.310 e. The van der Waals surface area contributed by atoms with Gasteiger partial charge in [0.1, 0.15) is 0 Å². The molecule has 0 aromatic rings. The molecule has 2 fully saturated rings. The number of rotatable bonds is 5. The van der Waals surface area contributed by atoms with Crippen molar-refractivity contribution in [1.29, 1.82) is 0 Å². The molecule has 1 aliphatic carbocycles. The van der Waals surface area contributed by atoms with E-state index >= 15 is 0 Å². The SMILES string of the molecule is COC1(OC)CN(CC2(C(=O)O)CCCC2)C1. The van der Waals surface area contributed by atoms with Crippen molar-refractivity contribution in [2.75, 3.05) is 33.9 Å². The fraction of sp³-hybridized carbons (Fsp3) is 0.917. The molecule has 0 spiro atoms. The van der Waals surface area contributed by atoms with E-state index in [1.54, 1.807) is 14.2 Å². The summed E-state index contributed by atoms with van der Waals surface area (Å²) in [7, 11) is 3.26. The van der Waals surface area contributed by atoms with Gasteiger partial charge in [0.25, 0.3) is 0 Å². The lowest BCUT2D eigenvalue weighted by Gasteiger charge is -2.49. The minimum absolute atomic E-state index is 0.516. The second-order valence-corrected chi connectivity index (χ2v) is 5.26. The zero-order valence-corrected chi connectivity index (χ0v) is 10.6. The molecule has 0 radical (unpaired) electrons. The number of carbonyl (C=O) groups is 1. The summed E-state index contributed by atoms with van der Waals surface area (Å²) < 4.78 is 10.6. The van der Waals surface area contributed by atoms with Crippen molar-refractivity contribution in [2.24, 2.45) is 5.41 Å². The van der Waals surface area contributed by atoms with Crippen molar-refractivity contribution in [3.8, 4) is 0 Å². The van der Waals surface area contributed by atoms with Gasteiger partial charge in [-0.2, -0.15) is 0 Å². The molecule has 2 rings (SSSR count). The number of methoxy groups -OCH3 is 2. The van der Waals surface area contributed by atoms with E-state index in [1.807, 2.05) is 0 Å². The van der Waals surface area contributed by atoms with Crippen LogP contribution in [0.1, 0.15) is 25.7 Å². The van der Waals surface area contributed by atoms with Crippen LogP contribution in [0.3, 0.4) is 0 Å². The molecule has 1 heterocycles. The molecule has 0 amide bonds. The first-order valence-electron chi connectivity index (χ1n) is 6.12. The summed E-state index contributed by atoms with van der Waals surface area (Å²) in [6.45, 7) is 1.95. The summed E-state index contributed by atoms with van der Waals surface area (Å²) in [6, 6.07) is 0. The van der Waals surface area contributed by atoms with Gasteiger partial charge < -0.3 is 14.6 Å². The molecule has 0 aromatic carbocycles. The number of hydrogen-bond acceptors (Lipinski definition) is 4. The van der Waals surface area contributed by atoms with E-state index in [0.717, 1.165) is 25.7 Å². The van der Waals surface area contributed by atoms with Gasteiger partial charge in [-0.3, -0.25) is 9.69 Å². The maximum absolute atomic E-state index is 11.4. The Labute approximate surface area is 102 Å². The largest absolute Gasteiger partial charge is 0.481 e. The predicted octanol–water partition coefficient (Wildman–Crippen LogP) is 0.936. The second-order valence-electron chi connectivity index (χ2n) is 5.26. The molecule has 1 saturated heterocycles. The third-order valence-electron chi connectivity index (χ3n) is 4.21. The van der Waals surface area contributed by atoms with Crippen LogP contribution in [0.25, 0.3) is 0 Å². The molecule has 1 aliphatic heterocycles. The predicted molar refractivity (Wildman–Crippen MR) is 61.7 cm³/mol. The normalized spacial score (nSPS) is 26.7. The highest BCUT2D eigenvalue weighted by Crippen LogP contribution is 2.41. The van der Waals surface area contributed by atoms with Gasteiger partial charge in [0, 0.05) is 20.8 Å². The Hall–Kier alpha value is -0.650. The first kappa shape index (κ1) is 12.8. The quantitative estimate of drug-likeness (QED) is 0.728. The number of nitrogens with zero attached hydrogens (tertiary/aromatic N) is 1. The fourth-order valence-electron chi connectivity index (χ4n) is 3.01. The molecule has 0 unspecified atom stereocenters. The van der Waals surface area contributed by atoms with E-state index in [-0.39, 0.29) is 0 Å². The van der Waals surface area contributed by atoms with Gasteiger partial charge in [-0.1, -0.05) is 12.8 Å². The minimum atomic E-state index is -0.651. The van der Waals surface area contributed by atoms with Crippen LogP contribution in [0.2, 0.25) is 0 Å². The van der Waals surface area contributed by atoms with E-state index in [9.17, 15) is 9.90 Å². The molecule has 5 heteroatoms. The summed E-state index contributed by atoms with van der Waals surface area (Å²) in [5.74, 6) is -1.17. The number of hydrogen-bond donors (Lipinski definition) is 1. The van der Waals surface area contributed by atoms with Gasteiger partial charge >= 0.3 is 5.97 Å². The molecule has 98 valence electrons. The number of likely N-dealkylation sites (tertiary alicyclic amines) is 1.